The van der Waals surface area contributed by atoms with Gasteiger partial charge in [-0.1, -0.05) is 41.9 Å². The third-order valence-electron chi connectivity index (χ3n) is 4.14. The second-order valence-electron chi connectivity index (χ2n) is 5.91. The standard InChI is InChI=1S/C20H19ClN4O/c1-13-6-5-9-17(14(13)2)24-19(26)18-10-11-22-20(25-18)23-12-15-7-3-4-8-16(15)21/h3-11H,12H2,1-2H3,(H,24,26)(H,22,23,25). The summed E-state index contributed by atoms with van der Waals surface area (Å²) < 4.78 is 0. The summed E-state index contributed by atoms with van der Waals surface area (Å²) in [6, 6.07) is 14.9. The monoisotopic (exact) mass is 366 g/mol. The number of carbonyl (C=O) groups is 1. The molecule has 2 N–H and O–H groups in total. The molecule has 0 spiro atoms. The number of amides is 1. The molecule has 2 aromatic carbocycles. The van der Waals surface area contributed by atoms with Crippen LogP contribution in [-0.4, -0.2) is 15.9 Å². The summed E-state index contributed by atoms with van der Waals surface area (Å²) >= 11 is 6.15. The lowest BCUT2D eigenvalue weighted by atomic mass is 10.1. The molecule has 3 aromatic rings. The first kappa shape index (κ1) is 17.9. The molecule has 0 unspecified atom stereocenters. The maximum absolute atomic E-state index is 12.5. The maximum Gasteiger partial charge on any atom is 0.274 e. The Morgan fingerprint density at radius 3 is 2.69 bits per heavy atom. The largest absolute Gasteiger partial charge is 0.350 e. The van der Waals surface area contributed by atoms with Crippen molar-refractivity contribution in [3.05, 3.63) is 82.1 Å². The lowest BCUT2D eigenvalue weighted by Crippen LogP contribution is -2.16. The summed E-state index contributed by atoms with van der Waals surface area (Å²) in [6.07, 6.45) is 1.56. The molecule has 0 saturated carbocycles. The average Bonchev–Trinajstić information content (AvgIpc) is 2.65. The van der Waals surface area contributed by atoms with Crippen LogP contribution in [0.5, 0.6) is 0 Å². The van der Waals surface area contributed by atoms with Crippen LogP contribution in [0.3, 0.4) is 0 Å². The molecule has 1 heterocycles. The summed E-state index contributed by atoms with van der Waals surface area (Å²) in [7, 11) is 0. The van der Waals surface area contributed by atoms with Crippen molar-refractivity contribution < 1.29 is 4.79 Å². The number of nitrogens with one attached hydrogen (secondary N) is 2. The van der Waals surface area contributed by atoms with Gasteiger partial charge in [-0.3, -0.25) is 4.79 Å². The Labute approximate surface area is 157 Å². The molecular formula is C20H19ClN4O. The average molecular weight is 367 g/mol. The lowest BCUT2D eigenvalue weighted by Gasteiger charge is -2.11. The number of aromatic nitrogens is 2. The minimum Gasteiger partial charge on any atom is -0.350 e. The van der Waals surface area contributed by atoms with Gasteiger partial charge in [-0.05, 0) is 48.7 Å². The Morgan fingerprint density at radius 2 is 1.88 bits per heavy atom. The first-order chi connectivity index (χ1) is 12.5. The number of anilines is 2. The quantitative estimate of drug-likeness (QED) is 0.691. The van der Waals surface area contributed by atoms with Crippen molar-refractivity contribution in [2.75, 3.05) is 10.6 Å². The zero-order chi connectivity index (χ0) is 18.5. The van der Waals surface area contributed by atoms with E-state index in [1.807, 2.05) is 56.3 Å². The van der Waals surface area contributed by atoms with E-state index in [4.69, 9.17) is 11.6 Å². The highest BCUT2D eigenvalue weighted by molar-refractivity contribution is 6.31. The molecule has 132 valence electrons. The summed E-state index contributed by atoms with van der Waals surface area (Å²) in [4.78, 5) is 21.0. The SMILES string of the molecule is Cc1cccc(NC(=O)c2ccnc(NCc3ccccc3Cl)n2)c1C. The van der Waals surface area contributed by atoms with Crippen LogP contribution in [0, 0.1) is 13.8 Å². The number of carbonyl (C=O) groups excluding carboxylic acids is 1. The first-order valence-corrected chi connectivity index (χ1v) is 8.60. The zero-order valence-electron chi connectivity index (χ0n) is 14.6. The number of aryl methyl sites for hydroxylation is 1. The number of hydrogen-bond donors (Lipinski definition) is 2. The van der Waals surface area contributed by atoms with Crippen LogP contribution in [0.1, 0.15) is 27.2 Å². The molecule has 5 nitrogen and oxygen atoms in total. The highest BCUT2D eigenvalue weighted by Gasteiger charge is 2.11. The van der Waals surface area contributed by atoms with Gasteiger partial charge in [-0.25, -0.2) is 9.97 Å². The molecule has 0 radical (unpaired) electrons. The van der Waals surface area contributed by atoms with Crippen molar-refractivity contribution in [1.82, 2.24) is 9.97 Å². The first-order valence-electron chi connectivity index (χ1n) is 8.22. The van der Waals surface area contributed by atoms with Gasteiger partial charge in [0.1, 0.15) is 5.69 Å². The highest BCUT2D eigenvalue weighted by atomic mass is 35.5. The van der Waals surface area contributed by atoms with Crippen LogP contribution in [-0.2, 0) is 6.54 Å². The second kappa shape index (κ2) is 7.97. The van der Waals surface area contributed by atoms with Gasteiger partial charge in [0.05, 0.1) is 0 Å². The van der Waals surface area contributed by atoms with Gasteiger partial charge in [0, 0.05) is 23.5 Å². The molecule has 0 fully saturated rings. The van der Waals surface area contributed by atoms with E-state index in [9.17, 15) is 4.79 Å². The van der Waals surface area contributed by atoms with E-state index in [2.05, 4.69) is 20.6 Å². The molecular weight excluding hydrogens is 348 g/mol. The van der Waals surface area contributed by atoms with E-state index in [-0.39, 0.29) is 5.91 Å². The van der Waals surface area contributed by atoms with Crippen molar-refractivity contribution >= 4 is 29.1 Å². The van der Waals surface area contributed by atoms with Crippen LogP contribution in [0.15, 0.2) is 54.7 Å². The Balaban J connectivity index is 1.71. The van der Waals surface area contributed by atoms with Crippen LogP contribution >= 0.6 is 11.6 Å². The molecule has 3 rings (SSSR count). The predicted molar refractivity (Wildman–Crippen MR) is 105 cm³/mol. The van der Waals surface area contributed by atoms with E-state index in [1.165, 1.54) is 0 Å². The summed E-state index contributed by atoms with van der Waals surface area (Å²) in [5.41, 5.74) is 4.16. The fourth-order valence-electron chi connectivity index (χ4n) is 2.46. The van der Waals surface area contributed by atoms with Gasteiger partial charge in [0.15, 0.2) is 0 Å². The van der Waals surface area contributed by atoms with E-state index >= 15 is 0 Å². The summed E-state index contributed by atoms with van der Waals surface area (Å²) in [6.45, 7) is 4.45. The van der Waals surface area contributed by atoms with Crippen molar-refractivity contribution in [2.24, 2.45) is 0 Å². The molecule has 0 bridgehead atoms. The van der Waals surface area contributed by atoms with Gasteiger partial charge >= 0.3 is 0 Å². The number of hydrogen-bond acceptors (Lipinski definition) is 4. The van der Waals surface area contributed by atoms with E-state index in [1.54, 1.807) is 12.3 Å². The molecule has 6 heteroatoms. The summed E-state index contributed by atoms with van der Waals surface area (Å²) in [5, 5.41) is 6.66. The Kier molecular flexibility index (Phi) is 5.49. The molecule has 26 heavy (non-hydrogen) atoms. The molecule has 0 saturated heterocycles. The molecule has 1 amide bonds. The van der Waals surface area contributed by atoms with E-state index < -0.39 is 0 Å². The van der Waals surface area contributed by atoms with Crippen LogP contribution in [0.25, 0.3) is 0 Å². The maximum atomic E-state index is 12.5. The van der Waals surface area contributed by atoms with E-state index in [0.717, 1.165) is 22.4 Å². The van der Waals surface area contributed by atoms with Gasteiger partial charge < -0.3 is 10.6 Å². The topological polar surface area (TPSA) is 66.9 Å². The fourth-order valence-corrected chi connectivity index (χ4v) is 2.66. The lowest BCUT2D eigenvalue weighted by molar-refractivity contribution is 0.102. The third-order valence-corrected chi connectivity index (χ3v) is 4.50. The number of nitrogens with zero attached hydrogens (tertiary/aromatic N) is 2. The Bertz CT molecular complexity index is 943. The number of benzene rings is 2. The predicted octanol–water partition coefficient (Wildman–Crippen LogP) is 4.61. The molecule has 1 aromatic heterocycles. The van der Waals surface area contributed by atoms with E-state index in [0.29, 0.717) is 23.2 Å². The van der Waals surface area contributed by atoms with Crippen molar-refractivity contribution in [3.8, 4) is 0 Å². The Morgan fingerprint density at radius 1 is 1.08 bits per heavy atom. The van der Waals surface area contributed by atoms with Gasteiger partial charge in [-0.15, -0.1) is 0 Å². The van der Waals surface area contributed by atoms with Crippen LogP contribution in [0.2, 0.25) is 5.02 Å². The molecule has 0 atom stereocenters. The van der Waals surface area contributed by atoms with Gasteiger partial charge in [0.2, 0.25) is 5.95 Å². The van der Waals surface area contributed by atoms with Crippen molar-refractivity contribution in [3.63, 3.8) is 0 Å². The second-order valence-corrected chi connectivity index (χ2v) is 6.32. The van der Waals surface area contributed by atoms with Crippen molar-refractivity contribution in [1.29, 1.82) is 0 Å². The molecule has 0 aliphatic rings. The zero-order valence-corrected chi connectivity index (χ0v) is 15.3. The Hall–Kier alpha value is -2.92. The minimum atomic E-state index is -0.276. The van der Waals surface area contributed by atoms with Gasteiger partial charge in [-0.2, -0.15) is 0 Å². The van der Waals surface area contributed by atoms with Crippen molar-refractivity contribution in [2.45, 2.75) is 20.4 Å². The smallest absolute Gasteiger partial charge is 0.274 e. The molecule has 0 aliphatic heterocycles. The normalized spacial score (nSPS) is 10.4. The van der Waals surface area contributed by atoms with Crippen LogP contribution in [0.4, 0.5) is 11.6 Å². The van der Waals surface area contributed by atoms with Crippen LogP contribution < -0.4 is 10.6 Å². The number of halogens is 1. The minimum absolute atomic E-state index is 0.276. The number of rotatable bonds is 5. The fraction of sp³-hybridized carbons (Fsp3) is 0.150. The molecule has 0 aliphatic carbocycles. The highest BCUT2D eigenvalue weighted by Crippen LogP contribution is 2.19. The summed E-state index contributed by atoms with van der Waals surface area (Å²) in [5.74, 6) is 0.0976. The van der Waals surface area contributed by atoms with Gasteiger partial charge in [0.25, 0.3) is 5.91 Å². The third kappa shape index (κ3) is 4.18.